The van der Waals surface area contributed by atoms with Gasteiger partial charge in [0, 0.05) is 6.54 Å². The van der Waals surface area contributed by atoms with Crippen LogP contribution in [-0.2, 0) is 4.79 Å². The van der Waals surface area contributed by atoms with E-state index in [4.69, 9.17) is 4.74 Å². The summed E-state index contributed by atoms with van der Waals surface area (Å²) in [5, 5.41) is 12.1. The van der Waals surface area contributed by atoms with Crippen LogP contribution >= 0.6 is 0 Å². The lowest BCUT2D eigenvalue weighted by Crippen LogP contribution is -2.31. The number of aliphatic hydroxyl groups is 1. The summed E-state index contributed by atoms with van der Waals surface area (Å²) in [4.78, 5) is 11.6. The first-order valence-corrected chi connectivity index (χ1v) is 6.68. The fraction of sp³-hybridized carbons (Fsp3) is 0.533. The Morgan fingerprint density at radius 2 is 2.16 bits per heavy atom. The second kappa shape index (κ2) is 7.79. The summed E-state index contributed by atoms with van der Waals surface area (Å²) in [5.74, 6) is 0.577. The van der Waals surface area contributed by atoms with Gasteiger partial charge in [-0.3, -0.25) is 4.79 Å². The molecule has 4 nitrogen and oxygen atoms in total. The number of hydrogen-bond donors (Lipinski definition) is 2. The Morgan fingerprint density at radius 1 is 1.42 bits per heavy atom. The standard InChI is InChI=1S/C15H23NO3/c1-4-13(17)8-9-16-15(18)10-19-14-7-5-6-11(2)12(14)3/h5-7,13,17H,4,8-10H2,1-3H3,(H,16,18). The van der Waals surface area contributed by atoms with E-state index >= 15 is 0 Å². The highest BCUT2D eigenvalue weighted by Gasteiger charge is 2.06. The first-order valence-electron chi connectivity index (χ1n) is 6.68. The molecule has 0 aliphatic heterocycles. The molecule has 1 unspecified atom stereocenters. The third kappa shape index (κ3) is 5.30. The second-order valence-corrected chi connectivity index (χ2v) is 4.69. The van der Waals surface area contributed by atoms with Crippen LogP contribution in [0.3, 0.4) is 0 Å². The van der Waals surface area contributed by atoms with Gasteiger partial charge in [0.25, 0.3) is 5.91 Å². The third-order valence-electron chi connectivity index (χ3n) is 3.18. The summed E-state index contributed by atoms with van der Waals surface area (Å²) in [7, 11) is 0. The molecule has 0 saturated heterocycles. The van der Waals surface area contributed by atoms with Crippen molar-refractivity contribution in [2.75, 3.05) is 13.2 Å². The Kier molecular flexibility index (Phi) is 6.36. The predicted molar refractivity (Wildman–Crippen MR) is 75.3 cm³/mol. The summed E-state index contributed by atoms with van der Waals surface area (Å²) < 4.78 is 5.49. The van der Waals surface area contributed by atoms with Crippen molar-refractivity contribution in [2.45, 2.75) is 39.7 Å². The van der Waals surface area contributed by atoms with Crippen molar-refractivity contribution < 1.29 is 14.6 Å². The lowest BCUT2D eigenvalue weighted by molar-refractivity contribution is -0.123. The maximum Gasteiger partial charge on any atom is 0.257 e. The molecule has 0 bridgehead atoms. The maximum atomic E-state index is 11.6. The number of nitrogens with one attached hydrogen (secondary N) is 1. The van der Waals surface area contributed by atoms with Crippen molar-refractivity contribution in [2.24, 2.45) is 0 Å². The van der Waals surface area contributed by atoms with Gasteiger partial charge in [-0.15, -0.1) is 0 Å². The second-order valence-electron chi connectivity index (χ2n) is 4.69. The van der Waals surface area contributed by atoms with Gasteiger partial charge in [0.05, 0.1) is 6.10 Å². The summed E-state index contributed by atoms with van der Waals surface area (Å²) in [6, 6.07) is 5.78. The maximum absolute atomic E-state index is 11.6. The number of aryl methyl sites for hydroxylation is 1. The molecule has 0 fully saturated rings. The molecule has 0 heterocycles. The molecule has 0 saturated carbocycles. The topological polar surface area (TPSA) is 58.6 Å². The average molecular weight is 265 g/mol. The number of carbonyl (C=O) groups excluding carboxylic acids is 1. The minimum absolute atomic E-state index is 0.00646. The molecule has 4 heteroatoms. The average Bonchev–Trinajstić information content (AvgIpc) is 2.40. The zero-order valence-electron chi connectivity index (χ0n) is 11.9. The summed E-state index contributed by atoms with van der Waals surface area (Å²) in [5.41, 5.74) is 2.20. The number of aliphatic hydroxyl groups excluding tert-OH is 1. The molecule has 106 valence electrons. The van der Waals surface area contributed by atoms with Crippen LogP contribution in [0.5, 0.6) is 5.75 Å². The molecular weight excluding hydrogens is 242 g/mol. The van der Waals surface area contributed by atoms with Gasteiger partial charge < -0.3 is 15.2 Å². The molecule has 1 amide bonds. The van der Waals surface area contributed by atoms with Crippen LogP contribution in [-0.4, -0.2) is 30.3 Å². The quantitative estimate of drug-likeness (QED) is 0.792. The highest BCUT2D eigenvalue weighted by atomic mass is 16.5. The van der Waals surface area contributed by atoms with E-state index in [1.54, 1.807) is 0 Å². The minimum Gasteiger partial charge on any atom is -0.483 e. The monoisotopic (exact) mass is 265 g/mol. The van der Waals surface area contributed by atoms with Gasteiger partial charge in [-0.2, -0.15) is 0 Å². The molecular formula is C15H23NO3. The van der Waals surface area contributed by atoms with Crippen molar-refractivity contribution in [3.63, 3.8) is 0 Å². The van der Waals surface area contributed by atoms with E-state index < -0.39 is 0 Å². The molecule has 1 aromatic rings. The van der Waals surface area contributed by atoms with Crippen LogP contribution in [0.25, 0.3) is 0 Å². The number of rotatable bonds is 7. The number of hydrogen-bond acceptors (Lipinski definition) is 3. The number of carbonyl (C=O) groups is 1. The van der Waals surface area contributed by atoms with Crippen LogP contribution in [0.4, 0.5) is 0 Å². The lowest BCUT2D eigenvalue weighted by atomic mass is 10.1. The van der Waals surface area contributed by atoms with Crippen molar-refractivity contribution in [3.8, 4) is 5.75 Å². The van der Waals surface area contributed by atoms with Crippen molar-refractivity contribution in [3.05, 3.63) is 29.3 Å². The van der Waals surface area contributed by atoms with Gasteiger partial charge in [0.2, 0.25) is 0 Å². The number of amides is 1. The first-order chi connectivity index (χ1) is 9.04. The van der Waals surface area contributed by atoms with E-state index in [9.17, 15) is 9.90 Å². The lowest BCUT2D eigenvalue weighted by Gasteiger charge is -2.12. The molecule has 1 rings (SSSR count). The van der Waals surface area contributed by atoms with Crippen LogP contribution in [0.2, 0.25) is 0 Å². The Bertz CT molecular complexity index is 418. The van der Waals surface area contributed by atoms with Gasteiger partial charge in [0.1, 0.15) is 5.75 Å². The van der Waals surface area contributed by atoms with E-state index in [0.29, 0.717) is 19.4 Å². The summed E-state index contributed by atoms with van der Waals surface area (Å²) >= 11 is 0. The Morgan fingerprint density at radius 3 is 2.84 bits per heavy atom. The van der Waals surface area contributed by atoms with Crippen molar-refractivity contribution in [1.29, 1.82) is 0 Å². The fourth-order valence-corrected chi connectivity index (χ4v) is 1.66. The van der Waals surface area contributed by atoms with Gasteiger partial charge in [-0.25, -0.2) is 0 Å². The van der Waals surface area contributed by atoms with Gasteiger partial charge in [-0.05, 0) is 43.9 Å². The molecule has 0 radical (unpaired) electrons. The minimum atomic E-state index is -0.347. The predicted octanol–water partition coefficient (Wildman–Crippen LogP) is 1.96. The van der Waals surface area contributed by atoms with Crippen LogP contribution < -0.4 is 10.1 Å². The normalized spacial score (nSPS) is 12.0. The van der Waals surface area contributed by atoms with Crippen molar-refractivity contribution >= 4 is 5.91 Å². The van der Waals surface area contributed by atoms with Crippen molar-refractivity contribution in [1.82, 2.24) is 5.32 Å². The SMILES string of the molecule is CCC(O)CCNC(=O)COc1cccc(C)c1C. The van der Waals surface area contributed by atoms with E-state index in [1.165, 1.54) is 0 Å². The Labute approximate surface area is 114 Å². The number of benzene rings is 1. The third-order valence-corrected chi connectivity index (χ3v) is 3.18. The van der Waals surface area contributed by atoms with Gasteiger partial charge in [0.15, 0.2) is 6.61 Å². The van der Waals surface area contributed by atoms with E-state index in [0.717, 1.165) is 16.9 Å². The highest BCUT2D eigenvalue weighted by molar-refractivity contribution is 5.77. The molecule has 1 aromatic carbocycles. The van der Waals surface area contributed by atoms with Crippen LogP contribution in [0, 0.1) is 13.8 Å². The fourth-order valence-electron chi connectivity index (χ4n) is 1.66. The molecule has 2 N–H and O–H groups in total. The van der Waals surface area contributed by atoms with E-state index in [2.05, 4.69) is 5.32 Å². The molecule has 1 atom stereocenters. The largest absolute Gasteiger partial charge is 0.483 e. The summed E-state index contributed by atoms with van der Waals surface area (Å²) in [6.07, 6.45) is 0.931. The Balaban J connectivity index is 2.32. The highest BCUT2D eigenvalue weighted by Crippen LogP contribution is 2.20. The van der Waals surface area contributed by atoms with E-state index in [1.807, 2.05) is 39.0 Å². The zero-order valence-corrected chi connectivity index (χ0v) is 11.9. The molecule has 0 spiro atoms. The van der Waals surface area contributed by atoms with E-state index in [-0.39, 0.29) is 18.6 Å². The van der Waals surface area contributed by atoms with Gasteiger partial charge >= 0.3 is 0 Å². The van der Waals surface area contributed by atoms with Crippen LogP contribution in [0.1, 0.15) is 30.9 Å². The summed E-state index contributed by atoms with van der Waals surface area (Å²) in [6.45, 7) is 6.38. The molecule has 0 aliphatic rings. The van der Waals surface area contributed by atoms with Gasteiger partial charge in [-0.1, -0.05) is 19.1 Å². The molecule has 19 heavy (non-hydrogen) atoms. The Hall–Kier alpha value is -1.55. The van der Waals surface area contributed by atoms with Crippen LogP contribution in [0.15, 0.2) is 18.2 Å². The zero-order chi connectivity index (χ0) is 14.3. The molecule has 0 aromatic heterocycles. The smallest absolute Gasteiger partial charge is 0.257 e. The molecule has 0 aliphatic carbocycles. The number of ether oxygens (including phenoxy) is 1. The first kappa shape index (κ1) is 15.5.